The van der Waals surface area contributed by atoms with Crippen molar-refractivity contribution in [3.8, 4) is 22.5 Å². The first-order valence-electron chi connectivity index (χ1n) is 10.9. The Kier molecular flexibility index (Phi) is 7.92. The van der Waals surface area contributed by atoms with Gasteiger partial charge in [0.25, 0.3) is 0 Å². The molecule has 0 N–H and O–H groups in total. The lowest BCUT2D eigenvalue weighted by Crippen LogP contribution is -1.94. The summed E-state index contributed by atoms with van der Waals surface area (Å²) in [5.41, 5.74) is 4.68. The highest BCUT2D eigenvalue weighted by Gasteiger charge is 2.09. The van der Waals surface area contributed by atoms with E-state index in [1.165, 1.54) is 37.3 Å². The minimum atomic E-state index is -0.239. The van der Waals surface area contributed by atoms with Gasteiger partial charge in [-0.2, -0.15) is 0 Å². The maximum absolute atomic E-state index is 14.8. The van der Waals surface area contributed by atoms with E-state index < -0.39 is 0 Å². The molecule has 29 heavy (non-hydrogen) atoms. The van der Waals surface area contributed by atoms with Crippen LogP contribution in [0.5, 0.6) is 0 Å². The average molecular weight is 391 g/mol. The predicted molar refractivity (Wildman–Crippen MR) is 119 cm³/mol. The zero-order valence-electron chi connectivity index (χ0n) is 17.6. The van der Waals surface area contributed by atoms with Crippen molar-refractivity contribution in [1.29, 1.82) is 0 Å². The molecule has 0 unspecified atom stereocenters. The van der Waals surface area contributed by atoms with E-state index >= 15 is 0 Å². The number of hydrogen-bond donors (Lipinski definition) is 0. The molecule has 3 rings (SSSR count). The van der Waals surface area contributed by atoms with Crippen LogP contribution in [0, 0.1) is 5.82 Å². The number of hydrogen-bond acceptors (Lipinski definition) is 2. The van der Waals surface area contributed by atoms with Crippen molar-refractivity contribution in [2.45, 2.75) is 65.2 Å². The summed E-state index contributed by atoms with van der Waals surface area (Å²) in [7, 11) is 0. The first-order chi connectivity index (χ1) is 14.2. The second-order valence-electron chi connectivity index (χ2n) is 7.72. The zero-order chi connectivity index (χ0) is 20.5. The molecule has 0 bridgehead atoms. The molecule has 0 fully saturated rings. The summed E-state index contributed by atoms with van der Waals surface area (Å²) in [4.78, 5) is 8.84. The van der Waals surface area contributed by atoms with E-state index in [-0.39, 0.29) is 5.82 Å². The highest BCUT2D eigenvalue weighted by atomic mass is 19.1. The minimum absolute atomic E-state index is 0.239. The Morgan fingerprint density at radius 2 is 1.34 bits per heavy atom. The Morgan fingerprint density at radius 1 is 0.690 bits per heavy atom. The van der Waals surface area contributed by atoms with Crippen LogP contribution >= 0.6 is 0 Å². The van der Waals surface area contributed by atoms with Crippen molar-refractivity contribution >= 4 is 0 Å². The summed E-state index contributed by atoms with van der Waals surface area (Å²) < 4.78 is 14.8. The van der Waals surface area contributed by atoms with Crippen molar-refractivity contribution < 1.29 is 4.39 Å². The molecule has 3 heteroatoms. The van der Waals surface area contributed by atoms with Gasteiger partial charge in [-0.25, -0.2) is 14.4 Å². The molecule has 1 aromatic heterocycles. The van der Waals surface area contributed by atoms with E-state index in [1.54, 1.807) is 0 Å². The molecule has 2 nitrogen and oxygen atoms in total. The molecule has 0 spiro atoms. The molecular formula is C26H31FN2. The molecule has 1 heterocycles. The van der Waals surface area contributed by atoms with Gasteiger partial charge in [-0.15, -0.1) is 0 Å². The van der Waals surface area contributed by atoms with Gasteiger partial charge in [0.1, 0.15) is 5.82 Å². The van der Waals surface area contributed by atoms with Crippen molar-refractivity contribution in [2.75, 3.05) is 0 Å². The fourth-order valence-electron chi connectivity index (χ4n) is 3.51. The number of aryl methyl sites for hydroxylation is 2. The van der Waals surface area contributed by atoms with Crippen LogP contribution in [0.25, 0.3) is 22.5 Å². The molecule has 0 aliphatic heterocycles. The SMILES string of the molecule is CCCCCCc1ccc(-c2ccc(-c3ncc(CCCC)cn3)cc2F)cc1. The third-order valence-electron chi connectivity index (χ3n) is 5.34. The van der Waals surface area contributed by atoms with Gasteiger partial charge >= 0.3 is 0 Å². The number of nitrogens with zero attached hydrogens (tertiary/aromatic N) is 2. The second kappa shape index (κ2) is 10.8. The third kappa shape index (κ3) is 5.96. The molecule has 0 saturated heterocycles. The van der Waals surface area contributed by atoms with Crippen LogP contribution in [0.15, 0.2) is 54.9 Å². The van der Waals surface area contributed by atoms with Crippen LogP contribution in [-0.2, 0) is 12.8 Å². The van der Waals surface area contributed by atoms with Gasteiger partial charge in [-0.3, -0.25) is 0 Å². The summed E-state index contributed by atoms with van der Waals surface area (Å²) in [5.74, 6) is 0.329. The standard InChI is InChI=1S/C26H31FN2/c1-3-5-7-8-10-20-11-13-22(14-12-20)24-16-15-23(17-25(24)27)26-28-18-21(19-29-26)9-6-4-2/h11-19H,3-10H2,1-2H3. The topological polar surface area (TPSA) is 25.8 Å². The van der Waals surface area contributed by atoms with E-state index in [4.69, 9.17) is 0 Å². The van der Waals surface area contributed by atoms with Gasteiger partial charge in [0.15, 0.2) is 5.82 Å². The fraction of sp³-hybridized carbons (Fsp3) is 0.385. The van der Waals surface area contributed by atoms with Gasteiger partial charge in [0, 0.05) is 23.5 Å². The first-order valence-corrected chi connectivity index (χ1v) is 10.9. The van der Waals surface area contributed by atoms with Crippen LogP contribution in [0.3, 0.4) is 0 Å². The van der Waals surface area contributed by atoms with Crippen LogP contribution in [0.1, 0.15) is 63.5 Å². The van der Waals surface area contributed by atoms with Gasteiger partial charge in [-0.05, 0) is 48.4 Å². The summed E-state index contributed by atoms with van der Waals surface area (Å²) in [5, 5.41) is 0. The second-order valence-corrected chi connectivity index (χ2v) is 7.72. The van der Waals surface area contributed by atoms with Crippen molar-refractivity contribution in [2.24, 2.45) is 0 Å². The maximum atomic E-state index is 14.8. The first kappa shape index (κ1) is 21.2. The number of benzene rings is 2. The molecule has 152 valence electrons. The smallest absolute Gasteiger partial charge is 0.159 e. The Bertz CT molecular complexity index is 886. The normalized spacial score (nSPS) is 11.0. The van der Waals surface area contributed by atoms with Gasteiger partial charge in [0.05, 0.1) is 0 Å². The number of aromatic nitrogens is 2. The molecule has 0 aliphatic rings. The van der Waals surface area contributed by atoms with Gasteiger partial charge in [0.2, 0.25) is 0 Å². The number of unbranched alkanes of at least 4 members (excludes halogenated alkanes) is 4. The summed E-state index contributed by atoms with van der Waals surface area (Å²) in [6.07, 6.45) is 13.1. The predicted octanol–water partition coefficient (Wildman–Crippen LogP) is 7.42. The van der Waals surface area contributed by atoms with Crippen LogP contribution < -0.4 is 0 Å². The molecular weight excluding hydrogens is 359 g/mol. The van der Waals surface area contributed by atoms with Crippen molar-refractivity contribution in [1.82, 2.24) is 9.97 Å². The average Bonchev–Trinajstić information content (AvgIpc) is 2.76. The molecule has 3 aromatic rings. The molecule has 0 radical (unpaired) electrons. The third-order valence-corrected chi connectivity index (χ3v) is 5.34. The number of rotatable bonds is 10. The lowest BCUT2D eigenvalue weighted by atomic mass is 9.99. The van der Waals surface area contributed by atoms with Gasteiger partial charge < -0.3 is 0 Å². The van der Waals surface area contributed by atoms with E-state index in [2.05, 4.69) is 35.9 Å². The quantitative estimate of drug-likeness (QED) is 0.337. The van der Waals surface area contributed by atoms with Gasteiger partial charge in [-0.1, -0.05) is 75.9 Å². The lowest BCUT2D eigenvalue weighted by Gasteiger charge is -2.08. The van der Waals surface area contributed by atoms with Crippen molar-refractivity contribution in [3.63, 3.8) is 0 Å². The molecule has 0 saturated carbocycles. The van der Waals surface area contributed by atoms with E-state index in [0.29, 0.717) is 17.0 Å². The van der Waals surface area contributed by atoms with Crippen LogP contribution in [0.2, 0.25) is 0 Å². The largest absolute Gasteiger partial charge is 0.236 e. The Balaban J connectivity index is 1.69. The summed E-state index contributed by atoms with van der Waals surface area (Å²) in [6, 6.07) is 13.5. The summed E-state index contributed by atoms with van der Waals surface area (Å²) >= 11 is 0. The molecule has 2 aromatic carbocycles. The summed E-state index contributed by atoms with van der Waals surface area (Å²) in [6.45, 7) is 4.39. The highest BCUT2D eigenvalue weighted by Crippen LogP contribution is 2.27. The van der Waals surface area contributed by atoms with Crippen LogP contribution in [0.4, 0.5) is 4.39 Å². The zero-order valence-corrected chi connectivity index (χ0v) is 17.6. The minimum Gasteiger partial charge on any atom is -0.236 e. The number of halogens is 1. The van der Waals surface area contributed by atoms with Crippen molar-refractivity contribution in [3.05, 3.63) is 71.8 Å². The monoisotopic (exact) mass is 390 g/mol. The molecule has 0 aliphatic carbocycles. The van der Waals surface area contributed by atoms with E-state index in [9.17, 15) is 4.39 Å². The van der Waals surface area contributed by atoms with Crippen LogP contribution in [-0.4, -0.2) is 9.97 Å². The highest BCUT2D eigenvalue weighted by molar-refractivity contribution is 5.68. The maximum Gasteiger partial charge on any atom is 0.159 e. The lowest BCUT2D eigenvalue weighted by molar-refractivity contribution is 0.631. The molecule has 0 amide bonds. The Hall–Kier alpha value is -2.55. The fourth-order valence-corrected chi connectivity index (χ4v) is 3.51. The Labute approximate surface area is 174 Å². The molecule has 0 atom stereocenters. The van der Waals surface area contributed by atoms with E-state index in [1.807, 2.05) is 36.7 Å². The van der Waals surface area contributed by atoms with E-state index in [0.717, 1.165) is 36.8 Å². The Morgan fingerprint density at radius 3 is 2.00 bits per heavy atom.